The SMILES string of the molecule is CC(C)(C)C1CCN(CC2CCCN(C(C)(C)C)C2)CC1. The van der Waals surface area contributed by atoms with Gasteiger partial charge in [-0.25, -0.2) is 0 Å². The van der Waals surface area contributed by atoms with Gasteiger partial charge in [0.25, 0.3) is 0 Å². The molecule has 0 aromatic heterocycles. The van der Waals surface area contributed by atoms with Gasteiger partial charge in [0.2, 0.25) is 0 Å². The third-order valence-corrected chi connectivity index (χ3v) is 5.80. The van der Waals surface area contributed by atoms with Gasteiger partial charge in [0.15, 0.2) is 0 Å². The normalized spacial score (nSPS) is 28.0. The van der Waals surface area contributed by atoms with Gasteiger partial charge in [-0.3, -0.25) is 4.90 Å². The van der Waals surface area contributed by atoms with Gasteiger partial charge >= 0.3 is 0 Å². The van der Waals surface area contributed by atoms with Crippen molar-refractivity contribution in [3.05, 3.63) is 0 Å². The first-order chi connectivity index (χ1) is 9.66. The summed E-state index contributed by atoms with van der Waals surface area (Å²) in [6.07, 6.45) is 5.63. The molecule has 2 fully saturated rings. The maximum absolute atomic E-state index is 2.75. The lowest BCUT2D eigenvalue weighted by Gasteiger charge is -2.44. The monoisotopic (exact) mass is 294 g/mol. The van der Waals surface area contributed by atoms with Crippen molar-refractivity contribution < 1.29 is 0 Å². The van der Waals surface area contributed by atoms with E-state index in [1.807, 2.05) is 0 Å². The van der Waals surface area contributed by atoms with Crippen molar-refractivity contribution in [1.82, 2.24) is 9.80 Å². The average Bonchev–Trinajstić information content (AvgIpc) is 2.37. The molecule has 0 aromatic carbocycles. The van der Waals surface area contributed by atoms with Crippen molar-refractivity contribution in [1.29, 1.82) is 0 Å². The molecular formula is C19H38N2. The number of hydrogen-bond donors (Lipinski definition) is 0. The van der Waals surface area contributed by atoms with Crippen molar-refractivity contribution in [2.75, 3.05) is 32.7 Å². The Labute approximate surface area is 133 Å². The van der Waals surface area contributed by atoms with Gasteiger partial charge in [-0.1, -0.05) is 20.8 Å². The number of nitrogens with zero attached hydrogens (tertiary/aromatic N) is 2. The predicted molar refractivity (Wildman–Crippen MR) is 92.7 cm³/mol. The van der Waals surface area contributed by atoms with E-state index in [1.165, 1.54) is 58.4 Å². The van der Waals surface area contributed by atoms with Gasteiger partial charge in [-0.2, -0.15) is 0 Å². The Hall–Kier alpha value is -0.0800. The van der Waals surface area contributed by atoms with Crippen LogP contribution >= 0.6 is 0 Å². The van der Waals surface area contributed by atoms with E-state index in [4.69, 9.17) is 0 Å². The molecule has 2 saturated heterocycles. The minimum absolute atomic E-state index is 0.345. The Morgan fingerprint density at radius 2 is 1.48 bits per heavy atom. The van der Waals surface area contributed by atoms with Crippen molar-refractivity contribution in [3.63, 3.8) is 0 Å². The fraction of sp³-hybridized carbons (Fsp3) is 1.00. The Kier molecular flexibility index (Phi) is 5.41. The summed E-state index contributed by atoms with van der Waals surface area (Å²) in [5.74, 6) is 1.82. The largest absolute Gasteiger partial charge is 0.303 e. The number of likely N-dealkylation sites (tertiary alicyclic amines) is 2. The summed E-state index contributed by atoms with van der Waals surface area (Å²) in [4.78, 5) is 5.45. The number of rotatable bonds is 2. The van der Waals surface area contributed by atoms with Crippen molar-refractivity contribution in [3.8, 4) is 0 Å². The van der Waals surface area contributed by atoms with Gasteiger partial charge in [-0.05, 0) is 83.3 Å². The Balaban J connectivity index is 1.78. The zero-order valence-corrected chi connectivity index (χ0v) is 15.4. The van der Waals surface area contributed by atoms with E-state index in [-0.39, 0.29) is 0 Å². The Morgan fingerprint density at radius 3 is 2.00 bits per heavy atom. The topological polar surface area (TPSA) is 6.48 Å². The first kappa shape index (κ1) is 17.3. The highest BCUT2D eigenvalue weighted by molar-refractivity contribution is 4.86. The molecule has 2 aliphatic rings. The van der Waals surface area contributed by atoms with Gasteiger partial charge in [0, 0.05) is 18.6 Å². The molecule has 2 heterocycles. The van der Waals surface area contributed by atoms with Crippen LogP contribution in [0.5, 0.6) is 0 Å². The highest BCUT2D eigenvalue weighted by Crippen LogP contribution is 2.34. The summed E-state index contributed by atoms with van der Waals surface area (Å²) in [6.45, 7) is 20.9. The molecule has 2 heteroatoms. The van der Waals surface area contributed by atoms with E-state index in [1.54, 1.807) is 0 Å². The predicted octanol–water partition coefficient (Wildman–Crippen LogP) is 4.26. The van der Waals surface area contributed by atoms with E-state index in [0.29, 0.717) is 11.0 Å². The van der Waals surface area contributed by atoms with Gasteiger partial charge in [0.1, 0.15) is 0 Å². The zero-order chi connectivity index (χ0) is 15.7. The van der Waals surface area contributed by atoms with E-state index in [2.05, 4.69) is 51.3 Å². The highest BCUT2D eigenvalue weighted by atomic mass is 15.2. The van der Waals surface area contributed by atoms with E-state index in [9.17, 15) is 0 Å². The molecule has 0 amide bonds. The molecule has 2 aliphatic heterocycles. The van der Waals surface area contributed by atoms with Gasteiger partial charge < -0.3 is 4.90 Å². The second kappa shape index (κ2) is 6.58. The Bertz CT molecular complexity index is 315. The molecule has 0 N–H and O–H groups in total. The minimum Gasteiger partial charge on any atom is -0.303 e. The quantitative estimate of drug-likeness (QED) is 0.751. The molecule has 0 aliphatic carbocycles. The summed E-state index contributed by atoms with van der Waals surface area (Å²) < 4.78 is 0. The van der Waals surface area contributed by atoms with Crippen molar-refractivity contribution in [2.24, 2.45) is 17.3 Å². The fourth-order valence-corrected chi connectivity index (χ4v) is 4.17. The minimum atomic E-state index is 0.345. The maximum Gasteiger partial charge on any atom is 0.0125 e. The van der Waals surface area contributed by atoms with E-state index < -0.39 is 0 Å². The summed E-state index contributed by atoms with van der Waals surface area (Å²) in [7, 11) is 0. The van der Waals surface area contributed by atoms with Crippen molar-refractivity contribution >= 4 is 0 Å². The first-order valence-electron chi connectivity index (χ1n) is 9.13. The second-order valence-electron chi connectivity index (χ2n) is 9.57. The third-order valence-electron chi connectivity index (χ3n) is 5.80. The average molecular weight is 295 g/mol. The van der Waals surface area contributed by atoms with Crippen LogP contribution in [-0.4, -0.2) is 48.1 Å². The standard InChI is InChI=1S/C19H38N2/c1-18(2,3)17-9-12-20(13-10-17)14-16-8-7-11-21(15-16)19(4,5)6/h16-17H,7-15H2,1-6H3. The molecule has 2 nitrogen and oxygen atoms in total. The molecular weight excluding hydrogens is 256 g/mol. The van der Waals surface area contributed by atoms with Crippen LogP contribution in [0.4, 0.5) is 0 Å². The van der Waals surface area contributed by atoms with Crippen LogP contribution in [0.15, 0.2) is 0 Å². The molecule has 0 radical (unpaired) electrons. The lowest BCUT2D eigenvalue weighted by molar-refractivity contribution is 0.0481. The number of piperidine rings is 2. The lowest BCUT2D eigenvalue weighted by atomic mass is 9.75. The zero-order valence-electron chi connectivity index (χ0n) is 15.4. The molecule has 124 valence electrons. The molecule has 0 bridgehead atoms. The molecule has 2 rings (SSSR count). The summed E-state index contributed by atoms with van der Waals surface area (Å²) >= 11 is 0. The molecule has 0 spiro atoms. The molecule has 1 atom stereocenters. The smallest absolute Gasteiger partial charge is 0.0125 e. The summed E-state index contributed by atoms with van der Waals surface area (Å²) in [5, 5.41) is 0. The highest BCUT2D eigenvalue weighted by Gasteiger charge is 2.32. The van der Waals surface area contributed by atoms with Gasteiger partial charge in [0.05, 0.1) is 0 Å². The van der Waals surface area contributed by atoms with Crippen LogP contribution in [-0.2, 0) is 0 Å². The lowest BCUT2D eigenvalue weighted by Crippen LogP contribution is -2.50. The fourth-order valence-electron chi connectivity index (χ4n) is 4.17. The van der Waals surface area contributed by atoms with Crippen LogP contribution in [0, 0.1) is 17.3 Å². The van der Waals surface area contributed by atoms with Crippen LogP contribution in [0.2, 0.25) is 0 Å². The first-order valence-corrected chi connectivity index (χ1v) is 9.13. The maximum atomic E-state index is 2.75. The molecule has 0 saturated carbocycles. The third kappa shape index (κ3) is 4.96. The van der Waals surface area contributed by atoms with Crippen LogP contribution in [0.3, 0.4) is 0 Å². The Morgan fingerprint density at radius 1 is 0.857 bits per heavy atom. The molecule has 21 heavy (non-hydrogen) atoms. The van der Waals surface area contributed by atoms with Gasteiger partial charge in [-0.15, -0.1) is 0 Å². The van der Waals surface area contributed by atoms with Crippen molar-refractivity contribution in [2.45, 2.75) is 72.8 Å². The van der Waals surface area contributed by atoms with Crippen LogP contribution < -0.4 is 0 Å². The van der Waals surface area contributed by atoms with E-state index in [0.717, 1.165) is 11.8 Å². The van der Waals surface area contributed by atoms with E-state index >= 15 is 0 Å². The van der Waals surface area contributed by atoms with Crippen LogP contribution in [0.1, 0.15) is 67.2 Å². The summed E-state index contributed by atoms with van der Waals surface area (Å²) in [6, 6.07) is 0. The van der Waals surface area contributed by atoms with Crippen LogP contribution in [0.25, 0.3) is 0 Å². The summed E-state index contributed by atoms with van der Waals surface area (Å²) in [5.41, 5.74) is 0.845. The number of hydrogen-bond acceptors (Lipinski definition) is 2. The molecule has 1 unspecified atom stereocenters. The molecule has 0 aromatic rings. The second-order valence-corrected chi connectivity index (χ2v) is 9.57.